The zero-order chi connectivity index (χ0) is 29.6. The predicted octanol–water partition coefficient (Wildman–Crippen LogP) is 4.21. The number of piperidine rings is 2. The minimum absolute atomic E-state index is 0. The zero-order valence-corrected chi connectivity index (χ0v) is 25.8. The van der Waals surface area contributed by atoms with Crippen LogP contribution in [0.1, 0.15) is 69.9 Å². The molecule has 6 aromatic heterocycles. The summed E-state index contributed by atoms with van der Waals surface area (Å²) in [5.41, 5.74) is 4.74. The van der Waals surface area contributed by atoms with E-state index in [1.54, 1.807) is 17.3 Å². The first kappa shape index (κ1) is 29.8. The Morgan fingerprint density at radius 1 is 0.864 bits per heavy atom. The van der Waals surface area contributed by atoms with Gasteiger partial charge in [-0.3, -0.25) is 8.80 Å². The third kappa shape index (κ3) is 5.66. The molecular formula is C29H37ClN12O2. The van der Waals surface area contributed by atoms with Gasteiger partial charge in [-0.1, -0.05) is 0 Å². The molecule has 2 atom stereocenters. The van der Waals surface area contributed by atoms with Crippen LogP contribution in [-0.4, -0.2) is 91.9 Å². The molecule has 0 aromatic carbocycles. The number of carbonyl (C=O) groups is 1. The van der Waals surface area contributed by atoms with E-state index in [0.717, 1.165) is 71.2 Å². The number of carbonyl (C=O) groups excluding carboxylic acids is 1. The highest BCUT2D eigenvalue weighted by molar-refractivity contribution is 5.85. The summed E-state index contributed by atoms with van der Waals surface area (Å²) < 4.78 is 9.67. The Morgan fingerprint density at radius 2 is 1.45 bits per heavy atom. The molecule has 3 N–H and O–H groups in total. The summed E-state index contributed by atoms with van der Waals surface area (Å²) >= 11 is 0. The van der Waals surface area contributed by atoms with Crippen molar-refractivity contribution in [1.82, 2.24) is 59.3 Å². The van der Waals surface area contributed by atoms with Crippen molar-refractivity contribution in [3.05, 3.63) is 48.6 Å². The number of fused-ring (bicyclic) bond motifs is 6. The van der Waals surface area contributed by atoms with E-state index in [1.165, 1.54) is 12.8 Å². The van der Waals surface area contributed by atoms with Crippen molar-refractivity contribution in [3.8, 4) is 0 Å². The molecule has 0 aliphatic carbocycles. The summed E-state index contributed by atoms with van der Waals surface area (Å²) in [5, 5.41) is 20.7. The van der Waals surface area contributed by atoms with Crippen LogP contribution in [0.25, 0.3) is 33.6 Å². The van der Waals surface area contributed by atoms with Gasteiger partial charge in [0.25, 0.3) is 0 Å². The predicted molar refractivity (Wildman–Crippen MR) is 167 cm³/mol. The van der Waals surface area contributed by atoms with Crippen molar-refractivity contribution in [1.29, 1.82) is 0 Å². The van der Waals surface area contributed by atoms with Gasteiger partial charge < -0.3 is 24.9 Å². The molecule has 232 valence electrons. The van der Waals surface area contributed by atoms with Crippen LogP contribution in [0.15, 0.2) is 36.9 Å². The van der Waals surface area contributed by atoms with Crippen LogP contribution in [0.5, 0.6) is 0 Å². The quantitative estimate of drug-likeness (QED) is 0.258. The number of aromatic nitrogens is 10. The lowest BCUT2D eigenvalue weighted by Gasteiger charge is -2.33. The molecule has 15 heteroatoms. The average Bonchev–Trinajstić information content (AvgIpc) is 3.81. The highest BCUT2D eigenvalue weighted by Gasteiger charge is 2.31. The van der Waals surface area contributed by atoms with Crippen LogP contribution in [-0.2, 0) is 4.74 Å². The van der Waals surface area contributed by atoms with Crippen LogP contribution < -0.4 is 5.32 Å². The molecule has 6 aromatic rings. The monoisotopic (exact) mass is 620 g/mol. The first-order chi connectivity index (χ1) is 20.9. The molecule has 0 bridgehead atoms. The number of likely N-dealkylation sites (tertiary alicyclic amines) is 1. The maximum absolute atomic E-state index is 12.4. The second kappa shape index (κ2) is 12.0. The fourth-order valence-corrected chi connectivity index (χ4v) is 6.08. The van der Waals surface area contributed by atoms with Gasteiger partial charge in [-0.15, -0.1) is 32.8 Å². The zero-order valence-electron chi connectivity index (χ0n) is 25.0. The molecule has 0 radical (unpaired) electrons. The highest BCUT2D eigenvalue weighted by atomic mass is 35.5. The van der Waals surface area contributed by atoms with Gasteiger partial charge in [0, 0.05) is 43.9 Å². The summed E-state index contributed by atoms with van der Waals surface area (Å²) in [6.45, 7) is 9.03. The first-order valence-electron chi connectivity index (χ1n) is 14.9. The normalized spacial score (nSPS) is 19.2. The lowest BCUT2D eigenvalue weighted by molar-refractivity contribution is 0.0195. The third-order valence-electron chi connectivity index (χ3n) is 8.03. The maximum Gasteiger partial charge on any atom is 0.410 e. The standard InChI is InChI=1S/C17H22N6O2.C12H14N6.ClH/c1-17(2,3)25-16(24)22-8-4-5-11(10-22)15-21-20-13-9-19-14-12(23(13)15)6-7-18-14;1-2-8(6-13-4-1)12-17-16-10-7-15-11-9(18(10)12)3-5-14-11;/h6-7,9,11,18H,4-5,8,10H2,1-3H3;3,5,7-8,13-14H,1-2,4,6H2;1H/t11-;8-;/m11./s1. The minimum Gasteiger partial charge on any atom is -0.444 e. The number of halogens is 1. The molecule has 44 heavy (non-hydrogen) atoms. The molecule has 0 spiro atoms. The lowest BCUT2D eigenvalue weighted by Crippen LogP contribution is -2.42. The van der Waals surface area contributed by atoms with Crippen molar-refractivity contribution in [2.45, 2.75) is 63.9 Å². The molecule has 8 rings (SSSR count). The molecule has 8 heterocycles. The van der Waals surface area contributed by atoms with Crippen molar-refractivity contribution in [3.63, 3.8) is 0 Å². The van der Waals surface area contributed by atoms with Crippen molar-refractivity contribution < 1.29 is 9.53 Å². The third-order valence-corrected chi connectivity index (χ3v) is 8.03. The number of rotatable bonds is 2. The minimum atomic E-state index is -0.492. The van der Waals surface area contributed by atoms with E-state index in [9.17, 15) is 4.79 Å². The van der Waals surface area contributed by atoms with E-state index in [1.807, 2.05) is 49.7 Å². The number of nitrogens with one attached hydrogen (secondary N) is 3. The lowest BCUT2D eigenvalue weighted by atomic mass is 9.97. The Balaban J connectivity index is 0.000000160. The molecule has 2 aliphatic heterocycles. The number of H-pyrrole nitrogens is 2. The van der Waals surface area contributed by atoms with Crippen LogP contribution in [0.4, 0.5) is 4.79 Å². The smallest absolute Gasteiger partial charge is 0.410 e. The van der Waals surface area contributed by atoms with E-state index in [2.05, 4.69) is 50.0 Å². The molecule has 0 unspecified atom stereocenters. The summed E-state index contributed by atoms with van der Waals surface area (Å²) in [6, 6.07) is 4.00. The molecule has 0 saturated carbocycles. The number of hydrogen-bond donors (Lipinski definition) is 3. The largest absolute Gasteiger partial charge is 0.444 e. The fourth-order valence-electron chi connectivity index (χ4n) is 6.08. The topological polar surface area (TPSA) is 159 Å². The summed E-state index contributed by atoms with van der Waals surface area (Å²) in [7, 11) is 0. The maximum atomic E-state index is 12.4. The van der Waals surface area contributed by atoms with E-state index < -0.39 is 5.60 Å². The van der Waals surface area contributed by atoms with E-state index in [0.29, 0.717) is 19.0 Å². The number of ether oxygens (including phenoxy) is 1. The first-order valence-corrected chi connectivity index (χ1v) is 14.9. The Kier molecular flexibility index (Phi) is 8.12. The second-order valence-electron chi connectivity index (χ2n) is 12.3. The number of hydrogen-bond acceptors (Lipinski definition) is 9. The Hall–Kier alpha value is -4.30. The van der Waals surface area contributed by atoms with Crippen molar-refractivity contribution in [2.24, 2.45) is 0 Å². The second-order valence-corrected chi connectivity index (χ2v) is 12.3. The van der Waals surface area contributed by atoms with Gasteiger partial charge in [0.05, 0.1) is 23.4 Å². The summed E-state index contributed by atoms with van der Waals surface area (Å²) in [4.78, 5) is 29.1. The van der Waals surface area contributed by atoms with Gasteiger partial charge in [-0.05, 0) is 65.1 Å². The van der Waals surface area contributed by atoms with Gasteiger partial charge in [0.15, 0.2) is 22.6 Å². The highest BCUT2D eigenvalue weighted by Crippen LogP contribution is 2.29. The molecule has 2 saturated heterocycles. The van der Waals surface area contributed by atoms with Crippen LogP contribution in [0, 0.1) is 0 Å². The molecule has 2 fully saturated rings. The SMILES string of the molecule is CC(C)(C)OC(=O)N1CCC[C@@H](c2nnc3cnc4[nH]ccc4n23)C1.Cl.c1cc2c(ncc3nnc([C@@H]4CCCNC4)n32)[nH]1. The van der Waals surface area contributed by atoms with E-state index in [4.69, 9.17) is 4.74 Å². The Bertz CT molecular complexity index is 1890. The number of aromatic amines is 2. The number of nitrogens with zero attached hydrogens (tertiary/aromatic N) is 9. The Labute approximate surface area is 259 Å². The summed E-state index contributed by atoms with van der Waals surface area (Å²) in [5.74, 6) is 2.48. The van der Waals surface area contributed by atoms with Crippen molar-refractivity contribution >= 4 is 52.1 Å². The molecule has 14 nitrogen and oxygen atoms in total. The molecule has 2 aliphatic rings. The van der Waals surface area contributed by atoms with Gasteiger partial charge in [0.2, 0.25) is 0 Å². The van der Waals surface area contributed by atoms with Gasteiger partial charge >= 0.3 is 6.09 Å². The summed E-state index contributed by atoms with van der Waals surface area (Å²) in [6.07, 6.45) is 11.2. The van der Waals surface area contributed by atoms with E-state index in [-0.39, 0.29) is 24.4 Å². The van der Waals surface area contributed by atoms with Crippen LogP contribution >= 0.6 is 12.4 Å². The van der Waals surface area contributed by atoms with Gasteiger partial charge in [-0.25, -0.2) is 14.8 Å². The number of amides is 1. The Morgan fingerprint density at radius 3 is 2.02 bits per heavy atom. The fraction of sp³-hybridized carbons (Fsp3) is 0.483. The van der Waals surface area contributed by atoms with E-state index >= 15 is 0 Å². The van der Waals surface area contributed by atoms with Crippen molar-refractivity contribution in [2.75, 3.05) is 26.2 Å². The average molecular weight is 621 g/mol. The van der Waals surface area contributed by atoms with Crippen LogP contribution in [0.2, 0.25) is 0 Å². The van der Waals surface area contributed by atoms with Crippen LogP contribution in [0.3, 0.4) is 0 Å². The molecular weight excluding hydrogens is 584 g/mol. The molecule has 1 amide bonds. The van der Waals surface area contributed by atoms with Gasteiger partial charge in [0.1, 0.15) is 17.2 Å². The van der Waals surface area contributed by atoms with Gasteiger partial charge in [-0.2, -0.15) is 0 Å².